The summed E-state index contributed by atoms with van der Waals surface area (Å²) >= 11 is 1.67. The van der Waals surface area contributed by atoms with Crippen molar-refractivity contribution >= 4 is 36.2 Å². The quantitative estimate of drug-likeness (QED) is 0.818. The molecule has 2 aromatic rings. The Bertz CT molecular complexity index is 541. The van der Waals surface area contributed by atoms with Gasteiger partial charge in [0.15, 0.2) is 10.8 Å². The Morgan fingerprint density at radius 1 is 1.35 bits per heavy atom. The highest BCUT2D eigenvalue weighted by Gasteiger charge is 2.21. The summed E-state index contributed by atoms with van der Waals surface area (Å²) in [6.45, 7) is 6.64. The van der Waals surface area contributed by atoms with Crippen molar-refractivity contribution < 1.29 is 4.42 Å². The first-order chi connectivity index (χ1) is 10.4. The summed E-state index contributed by atoms with van der Waals surface area (Å²) in [6, 6.07) is 4.58. The summed E-state index contributed by atoms with van der Waals surface area (Å²) in [5.41, 5.74) is 1.17. The maximum atomic E-state index is 5.43. The van der Waals surface area contributed by atoms with E-state index in [1.807, 2.05) is 12.1 Å². The van der Waals surface area contributed by atoms with Crippen molar-refractivity contribution in [2.75, 3.05) is 19.6 Å². The molecule has 0 aromatic carbocycles. The molecular formula is C16H25Cl2N3OS. The summed E-state index contributed by atoms with van der Waals surface area (Å²) in [4.78, 5) is 7.34. The second kappa shape index (κ2) is 10.3. The van der Waals surface area contributed by atoms with Crippen molar-refractivity contribution in [3.8, 4) is 10.8 Å². The Morgan fingerprint density at radius 2 is 2.13 bits per heavy atom. The van der Waals surface area contributed by atoms with E-state index >= 15 is 0 Å². The summed E-state index contributed by atoms with van der Waals surface area (Å²) in [5.74, 6) is 0.871. The van der Waals surface area contributed by atoms with E-state index in [0.717, 1.165) is 36.9 Å². The molecule has 1 N–H and O–H groups in total. The fourth-order valence-corrected chi connectivity index (χ4v) is 3.73. The lowest BCUT2D eigenvalue weighted by Gasteiger charge is -2.34. The summed E-state index contributed by atoms with van der Waals surface area (Å²) in [5, 5.41) is 6.60. The van der Waals surface area contributed by atoms with Crippen molar-refractivity contribution in [1.82, 2.24) is 15.2 Å². The number of thiazole rings is 1. The molecule has 2 aromatic heterocycles. The molecular weight excluding hydrogens is 353 g/mol. The maximum absolute atomic E-state index is 5.43. The third-order valence-corrected chi connectivity index (χ3v) is 4.89. The van der Waals surface area contributed by atoms with E-state index in [1.54, 1.807) is 17.6 Å². The number of halogens is 2. The molecule has 0 aliphatic carbocycles. The van der Waals surface area contributed by atoms with E-state index in [-0.39, 0.29) is 24.8 Å². The lowest BCUT2D eigenvalue weighted by Crippen LogP contribution is -2.43. The zero-order chi connectivity index (χ0) is 14.5. The van der Waals surface area contributed by atoms with Gasteiger partial charge in [-0.15, -0.1) is 36.2 Å². The molecule has 0 saturated carbocycles. The minimum absolute atomic E-state index is 0. The molecule has 130 valence electrons. The van der Waals surface area contributed by atoms with E-state index in [2.05, 4.69) is 22.5 Å². The van der Waals surface area contributed by atoms with Gasteiger partial charge in [0.05, 0.1) is 12.0 Å². The molecule has 0 unspecified atom stereocenters. The molecule has 0 amide bonds. The topological polar surface area (TPSA) is 41.3 Å². The van der Waals surface area contributed by atoms with E-state index in [4.69, 9.17) is 9.40 Å². The Balaban J connectivity index is 0.00000132. The number of aromatic nitrogens is 1. The fourth-order valence-electron chi connectivity index (χ4n) is 2.95. The molecule has 1 saturated heterocycles. The van der Waals surface area contributed by atoms with Gasteiger partial charge in [-0.25, -0.2) is 4.98 Å². The number of nitrogens with one attached hydrogen (secondary N) is 1. The van der Waals surface area contributed by atoms with E-state index < -0.39 is 0 Å². The standard InChI is InChI=1S/C16H23N3OS.2ClH/c1-2-9-19(14-5-7-17-8-6-14)11-13-12-21-16(18-13)15-4-3-10-20-15;;/h3-4,10,12,14,17H,2,5-9,11H2,1H3;2*1H. The van der Waals surface area contributed by atoms with Gasteiger partial charge in [-0.1, -0.05) is 6.92 Å². The predicted octanol–water partition coefficient (Wildman–Crippen LogP) is 4.21. The first-order valence-corrected chi connectivity index (χ1v) is 8.68. The minimum Gasteiger partial charge on any atom is -0.462 e. The Morgan fingerprint density at radius 3 is 2.78 bits per heavy atom. The SMILES string of the molecule is CCCN(Cc1csc(-c2ccco2)n1)C1CCNCC1.Cl.Cl. The van der Waals surface area contributed by atoms with Crippen LogP contribution in [0.25, 0.3) is 10.8 Å². The highest BCUT2D eigenvalue weighted by molar-refractivity contribution is 7.13. The van der Waals surface area contributed by atoms with Crippen molar-refractivity contribution in [2.45, 2.75) is 38.8 Å². The number of furan rings is 1. The van der Waals surface area contributed by atoms with Crippen LogP contribution in [0.3, 0.4) is 0 Å². The zero-order valence-electron chi connectivity index (χ0n) is 13.4. The third kappa shape index (κ3) is 5.47. The van der Waals surface area contributed by atoms with Crippen LogP contribution >= 0.6 is 36.2 Å². The molecule has 1 aliphatic heterocycles. The van der Waals surface area contributed by atoms with Crippen LogP contribution in [-0.4, -0.2) is 35.6 Å². The van der Waals surface area contributed by atoms with Crippen LogP contribution in [0.5, 0.6) is 0 Å². The van der Waals surface area contributed by atoms with Crippen molar-refractivity contribution in [3.05, 3.63) is 29.5 Å². The number of piperidine rings is 1. The van der Waals surface area contributed by atoms with Crippen molar-refractivity contribution in [1.29, 1.82) is 0 Å². The maximum Gasteiger partial charge on any atom is 0.162 e. The van der Waals surface area contributed by atoms with E-state index in [0.29, 0.717) is 6.04 Å². The molecule has 3 rings (SSSR count). The van der Waals surface area contributed by atoms with Crippen LogP contribution in [0.4, 0.5) is 0 Å². The zero-order valence-corrected chi connectivity index (χ0v) is 15.8. The van der Waals surface area contributed by atoms with Crippen LogP contribution in [0, 0.1) is 0 Å². The second-order valence-corrected chi connectivity index (χ2v) is 6.43. The van der Waals surface area contributed by atoms with E-state index in [9.17, 15) is 0 Å². The summed E-state index contributed by atoms with van der Waals surface area (Å²) in [7, 11) is 0. The second-order valence-electron chi connectivity index (χ2n) is 5.57. The van der Waals surface area contributed by atoms with Crippen molar-refractivity contribution in [3.63, 3.8) is 0 Å². The number of nitrogens with zero attached hydrogens (tertiary/aromatic N) is 2. The highest BCUT2D eigenvalue weighted by atomic mass is 35.5. The highest BCUT2D eigenvalue weighted by Crippen LogP contribution is 2.25. The molecule has 3 heterocycles. The fraction of sp³-hybridized carbons (Fsp3) is 0.562. The predicted molar refractivity (Wildman–Crippen MR) is 101 cm³/mol. The lowest BCUT2D eigenvalue weighted by atomic mass is 10.0. The van der Waals surface area contributed by atoms with Crippen LogP contribution in [0.2, 0.25) is 0 Å². The van der Waals surface area contributed by atoms with Gasteiger partial charge in [-0.3, -0.25) is 4.90 Å². The Hall–Kier alpha value is -0.590. The van der Waals surface area contributed by atoms with Gasteiger partial charge < -0.3 is 9.73 Å². The molecule has 1 aliphatic rings. The first kappa shape index (κ1) is 20.5. The molecule has 0 bridgehead atoms. The van der Waals surface area contributed by atoms with Crippen LogP contribution < -0.4 is 5.32 Å². The molecule has 0 radical (unpaired) electrons. The molecule has 1 fully saturated rings. The Labute approximate surface area is 154 Å². The van der Waals surface area contributed by atoms with Gasteiger partial charge in [-0.2, -0.15) is 0 Å². The molecule has 23 heavy (non-hydrogen) atoms. The number of hydrogen-bond acceptors (Lipinski definition) is 5. The van der Waals surface area contributed by atoms with Crippen LogP contribution in [-0.2, 0) is 6.54 Å². The smallest absolute Gasteiger partial charge is 0.162 e. The van der Waals surface area contributed by atoms with Gasteiger partial charge in [-0.05, 0) is 51.0 Å². The van der Waals surface area contributed by atoms with Gasteiger partial charge >= 0.3 is 0 Å². The number of rotatable bonds is 6. The van der Waals surface area contributed by atoms with Gasteiger partial charge in [0.1, 0.15) is 0 Å². The van der Waals surface area contributed by atoms with Gasteiger partial charge in [0.25, 0.3) is 0 Å². The average molecular weight is 378 g/mol. The third-order valence-electron chi connectivity index (χ3n) is 3.98. The Kier molecular flexibility index (Phi) is 9.17. The first-order valence-electron chi connectivity index (χ1n) is 7.80. The van der Waals surface area contributed by atoms with Gasteiger partial charge in [0, 0.05) is 18.0 Å². The summed E-state index contributed by atoms with van der Waals surface area (Å²) in [6.07, 6.45) is 5.39. The van der Waals surface area contributed by atoms with Gasteiger partial charge in [0.2, 0.25) is 0 Å². The molecule has 4 nitrogen and oxygen atoms in total. The normalized spacial score (nSPS) is 15.2. The molecule has 0 atom stereocenters. The minimum atomic E-state index is 0. The van der Waals surface area contributed by atoms with E-state index in [1.165, 1.54) is 25.0 Å². The van der Waals surface area contributed by atoms with Crippen LogP contribution in [0.1, 0.15) is 31.9 Å². The summed E-state index contributed by atoms with van der Waals surface area (Å²) < 4.78 is 5.43. The monoisotopic (exact) mass is 377 g/mol. The molecule has 0 spiro atoms. The molecule has 7 heteroatoms. The largest absolute Gasteiger partial charge is 0.462 e. The van der Waals surface area contributed by atoms with Crippen LogP contribution in [0.15, 0.2) is 28.2 Å². The average Bonchev–Trinajstić information content (AvgIpc) is 3.19. The number of hydrogen-bond donors (Lipinski definition) is 1. The lowest BCUT2D eigenvalue weighted by molar-refractivity contribution is 0.152. The van der Waals surface area contributed by atoms with Crippen molar-refractivity contribution in [2.24, 2.45) is 0 Å².